The van der Waals surface area contributed by atoms with E-state index < -0.39 is 0 Å². The maximum Gasteiger partial charge on any atom is 0.253 e. The number of hydrogen-bond donors (Lipinski definition) is 1. The van der Waals surface area contributed by atoms with E-state index in [1.54, 1.807) is 4.90 Å². The first-order valence-electron chi connectivity index (χ1n) is 5.38. The van der Waals surface area contributed by atoms with Gasteiger partial charge in [-0.3, -0.25) is 4.79 Å². The highest BCUT2D eigenvalue weighted by molar-refractivity contribution is 5.81. The van der Waals surface area contributed by atoms with Gasteiger partial charge in [-0.2, -0.15) is 0 Å². The predicted octanol–water partition coefficient (Wildman–Crippen LogP) is -0.842. The van der Waals surface area contributed by atoms with Crippen LogP contribution in [0.4, 0.5) is 0 Å². The summed E-state index contributed by atoms with van der Waals surface area (Å²) < 4.78 is 5.42. The van der Waals surface area contributed by atoms with Crippen molar-refractivity contribution in [2.75, 3.05) is 46.4 Å². The molecule has 1 saturated heterocycles. The van der Waals surface area contributed by atoms with Crippen LogP contribution in [0.1, 0.15) is 6.92 Å². The minimum atomic E-state index is -0.366. The topological polar surface area (TPSA) is 53.0 Å². The van der Waals surface area contributed by atoms with Gasteiger partial charge in [-0.1, -0.05) is 0 Å². The Morgan fingerprint density at radius 2 is 2.40 bits per heavy atom. The number of amides is 1. The van der Waals surface area contributed by atoms with Gasteiger partial charge in [0, 0.05) is 26.2 Å². The molecule has 1 amide bonds. The van der Waals surface area contributed by atoms with Gasteiger partial charge in [0.05, 0.1) is 13.2 Å². The molecule has 1 fully saturated rings. The summed E-state index contributed by atoms with van der Waals surface area (Å²) >= 11 is 0. The van der Waals surface area contributed by atoms with E-state index in [1.807, 2.05) is 14.0 Å². The number of nitrogens with zero attached hydrogens (tertiary/aromatic N) is 2. The Kier molecular flexibility index (Phi) is 5.01. The predicted molar refractivity (Wildman–Crippen MR) is 56.6 cm³/mol. The van der Waals surface area contributed by atoms with Gasteiger partial charge in [-0.15, -0.1) is 0 Å². The molecule has 5 heteroatoms. The monoisotopic (exact) mass is 216 g/mol. The first-order chi connectivity index (χ1) is 7.19. The number of ether oxygens (including phenoxy) is 1. The van der Waals surface area contributed by atoms with Crippen molar-refractivity contribution in [2.24, 2.45) is 0 Å². The fraction of sp³-hybridized carbons (Fsp3) is 0.900. The molecular weight excluding hydrogens is 196 g/mol. The summed E-state index contributed by atoms with van der Waals surface area (Å²) in [4.78, 5) is 15.6. The van der Waals surface area contributed by atoms with Crippen molar-refractivity contribution in [1.82, 2.24) is 9.80 Å². The maximum absolute atomic E-state index is 11.9. The molecular formula is C10H20N2O3. The van der Waals surface area contributed by atoms with Crippen LogP contribution in [0.3, 0.4) is 0 Å². The Bertz CT molecular complexity index is 211. The molecule has 0 saturated carbocycles. The lowest BCUT2D eigenvalue weighted by molar-refractivity contribution is -0.149. The van der Waals surface area contributed by atoms with Crippen LogP contribution < -0.4 is 0 Å². The normalized spacial score (nSPS) is 22.7. The molecule has 1 rings (SSSR count). The zero-order valence-electron chi connectivity index (χ0n) is 9.48. The summed E-state index contributed by atoms with van der Waals surface area (Å²) in [6, 6.07) is 0. The highest BCUT2D eigenvalue weighted by Gasteiger charge is 2.27. The van der Waals surface area contributed by atoms with E-state index in [1.165, 1.54) is 0 Å². The van der Waals surface area contributed by atoms with E-state index in [2.05, 4.69) is 4.90 Å². The minimum absolute atomic E-state index is 0.00212. The Hall–Kier alpha value is -0.650. The van der Waals surface area contributed by atoms with Gasteiger partial charge in [0.25, 0.3) is 5.91 Å². The molecule has 0 aromatic carbocycles. The summed E-state index contributed by atoms with van der Waals surface area (Å²) in [6.07, 6.45) is -0.366. The highest BCUT2D eigenvalue weighted by atomic mass is 16.5. The SMILES string of the molecule is CCN(CCO)C(=O)C1CN(C)CCO1. The smallest absolute Gasteiger partial charge is 0.253 e. The second-order valence-electron chi connectivity index (χ2n) is 3.76. The van der Waals surface area contributed by atoms with Crippen LogP contribution in [-0.2, 0) is 9.53 Å². The molecule has 1 atom stereocenters. The van der Waals surface area contributed by atoms with Crippen molar-refractivity contribution in [3.05, 3.63) is 0 Å². The summed E-state index contributed by atoms with van der Waals surface area (Å²) in [5.74, 6) is -0.0156. The molecule has 0 bridgehead atoms. The van der Waals surface area contributed by atoms with E-state index in [0.717, 1.165) is 6.54 Å². The van der Waals surface area contributed by atoms with E-state index in [0.29, 0.717) is 26.2 Å². The zero-order valence-corrected chi connectivity index (χ0v) is 9.48. The standard InChI is InChI=1S/C10H20N2O3/c1-3-12(4-6-13)10(14)9-8-11(2)5-7-15-9/h9,13H,3-8H2,1-2H3. The first kappa shape index (κ1) is 12.4. The van der Waals surface area contributed by atoms with Crippen LogP contribution in [0.15, 0.2) is 0 Å². The summed E-state index contributed by atoms with van der Waals surface area (Å²) in [6.45, 7) is 5.02. The molecule has 0 aromatic heterocycles. The maximum atomic E-state index is 11.9. The molecule has 1 unspecified atom stereocenters. The van der Waals surface area contributed by atoms with Gasteiger partial charge in [0.15, 0.2) is 0 Å². The van der Waals surface area contributed by atoms with Crippen molar-refractivity contribution in [3.8, 4) is 0 Å². The number of rotatable bonds is 4. The van der Waals surface area contributed by atoms with E-state index in [-0.39, 0.29) is 18.6 Å². The Balaban J connectivity index is 2.49. The molecule has 0 spiro atoms. The Labute approximate surface area is 90.6 Å². The number of aliphatic hydroxyl groups excluding tert-OH is 1. The van der Waals surface area contributed by atoms with Crippen molar-refractivity contribution >= 4 is 5.91 Å². The second kappa shape index (κ2) is 6.05. The Morgan fingerprint density at radius 1 is 1.67 bits per heavy atom. The average Bonchev–Trinajstić information content (AvgIpc) is 2.25. The van der Waals surface area contributed by atoms with Crippen molar-refractivity contribution in [3.63, 3.8) is 0 Å². The number of morpholine rings is 1. The van der Waals surface area contributed by atoms with Crippen LogP contribution in [0.2, 0.25) is 0 Å². The van der Waals surface area contributed by atoms with Gasteiger partial charge in [-0.25, -0.2) is 0 Å². The van der Waals surface area contributed by atoms with Gasteiger partial charge >= 0.3 is 0 Å². The molecule has 1 aliphatic heterocycles. The molecule has 5 nitrogen and oxygen atoms in total. The quantitative estimate of drug-likeness (QED) is 0.665. The van der Waals surface area contributed by atoms with Crippen LogP contribution in [-0.4, -0.2) is 73.4 Å². The fourth-order valence-electron chi connectivity index (χ4n) is 1.68. The first-order valence-corrected chi connectivity index (χ1v) is 5.38. The number of hydrogen-bond acceptors (Lipinski definition) is 4. The fourth-order valence-corrected chi connectivity index (χ4v) is 1.68. The number of aliphatic hydroxyl groups is 1. The summed E-state index contributed by atoms with van der Waals surface area (Å²) in [5.41, 5.74) is 0. The number of carbonyl (C=O) groups excluding carboxylic acids is 1. The van der Waals surface area contributed by atoms with Crippen LogP contribution in [0.5, 0.6) is 0 Å². The van der Waals surface area contributed by atoms with Gasteiger partial charge in [0.1, 0.15) is 6.10 Å². The van der Waals surface area contributed by atoms with Crippen molar-refractivity contribution in [2.45, 2.75) is 13.0 Å². The molecule has 0 aliphatic carbocycles. The zero-order chi connectivity index (χ0) is 11.3. The van der Waals surface area contributed by atoms with Gasteiger partial charge in [-0.05, 0) is 14.0 Å². The third kappa shape index (κ3) is 3.44. The molecule has 1 aliphatic rings. The minimum Gasteiger partial charge on any atom is -0.395 e. The molecule has 15 heavy (non-hydrogen) atoms. The van der Waals surface area contributed by atoms with Gasteiger partial charge < -0.3 is 19.6 Å². The lowest BCUT2D eigenvalue weighted by atomic mass is 10.2. The van der Waals surface area contributed by atoms with Crippen molar-refractivity contribution in [1.29, 1.82) is 0 Å². The molecule has 0 radical (unpaired) electrons. The Morgan fingerprint density at radius 3 is 2.93 bits per heavy atom. The second-order valence-corrected chi connectivity index (χ2v) is 3.76. The van der Waals surface area contributed by atoms with Crippen molar-refractivity contribution < 1.29 is 14.6 Å². The van der Waals surface area contributed by atoms with Crippen LogP contribution in [0.25, 0.3) is 0 Å². The third-order valence-corrected chi connectivity index (χ3v) is 2.61. The molecule has 1 heterocycles. The molecule has 88 valence electrons. The number of carbonyl (C=O) groups is 1. The molecule has 0 aromatic rings. The summed E-state index contributed by atoms with van der Waals surface area (Å²) in [5, 5.41) is 8.82. The van der Waals surface area contributed by atoms with Crippen LogP contribution in [0, 0.1) is 0 Å². The van der Waals surface area contributed by atoms with E-state index in [4.69, 9.17) is 9.84 Å². The highest BCUT2D eigenvalue weighted by Crippen LogP contribution is 2.06. The lowest BCUT2D eigenvalue weighted by Crippen LogP contribution is -2.50. The average molecular weight is 216 g/mol. The largest absolute Gasteiger partial charge is 0.395 e. The lowest BCUT2D eigenvalue weighted by Gasteiger charge is -2.32. The van der Waals surface area contributed by atoms with Crippen LogP contribution >= 0.6 is 0 Å². The molecule has 1 N–H and O–H groups in total. The third-order valence-electron chi connectivity index (χ3n) is 2.61. The van der Waals surface area contributed by atoms with E-state index in [9.17, 15) is 4.79 Å². The van der Waals surface area contributed by atoms with E-state index >= 15 is 0 Å². The summed E-state index contributed by atoms with van der Waals surface area (Å²) in [7, 11) is 1.98. The van der Waals surface area contributed by atoms with Gasteiger partial charge in [0.2, 0.25) is 0 Å². The number of likely N-dealkylation sites (N-methyl/N-ethyl adjacent to an activating group) is 2.